The molecule has 1 heterocycles. The number of aryl methyl sites for hydroxylation is 1. The van der Waals surface area contributed by atoms with Gasteiger partial charge in [-0.2, -0.15) is 0 Å². The average Bonchev–Trinajstić information content (AvgIpc) is 2.82. The van der Waals surface area contributed by atoms with E-state index in [0.29, 0.717) is 6.54 Å². The van der Waals surface area contributed by atoms with Crippen molar-refractivity contribution < 1.29 is 9.72 Å². The molecular weight excluding hydrogens is 356 g/mol. The summed E-state index contributed by atoms with van der Waals surface area (Å²) >= 11 is 4.89. The number of halogens is 1. The Balaban J connectivity index is 2.26. The minimum Gasteiger partial charge on any atom is -0.336 e. The van der Waals surface area contributed by atoms with Crippen molar-refractivity contribution in [3.05, 3.63) is 60.2 Å². The Kier molecular flexibility index (Phi) is 4.74. The normalized spacial score (nSPS) is 10.4. The number of nitro benzene ring substituents is 1. The first kappa shape index (κ1) is 15.7. The van der Waals surface area contributed by atoms with Crippen LogP contribution in [0.25, 0.3) is 0 Å². The number of hydrogen-bond acceptors (Lipinski definition) is 4. The number of rotatable bonds is 4. The highest BCUT2D eigenvalue weighted by atomic mass is 79.9. The van der Waals surface area contributed by atoms with Gasteiger partial charge < -0.3 is 4.90 Å². The van der Waals surface area contributed by atoms with Gasteiger partial charge in [0.15, 0.2) is 0 Å². The van der Waals surface area contributed by atoms with E-state index in [9.17, 15) is 14.9 Å². The third-order valence-electron chi connectivity index (χ3n) is 2.94. The molecule has 0 spiro atoms. The summed E-state index contributed by atoms with van der Waals surface area (Å²) in [5.74, 6) is -0.352. The van der Waals surface area contributed by atoms with Crippen LogP contribution in [0, 0.1) is 17.0 Å². The van der Waals surface area contributed by atoms with Crippen LogP contribution in [0.5, 0.6) is 0 Å². The predicted octanol–water partition coefficient (Wildman–Crippen LogP) is 4.00. The van der Waals surface area contributed by atoms with Gasteiger partial charge in [0.05, 0.1) is 11.5 Å². The van der Waals surface area contributed by atoms with E-state index in [2.05, 4.69) is 15.9 Å². The Labute approximate surface area is 134 Å². The van der Waals surface area contributed by atoms with Crippen LogP contribution >= 0.6 is 27.3 Å². The zero-order chi connectivity index (χ0) is 15.6. The number of amides is 1. The van der Waals surface area contributed by atoms with Gasteiger partial charge in [-0.3, -0.25) is 14.9 Å². The second-order valence-electron chi connectivity index (χ2n) is 4.67. The number of nitrogens with zero attached hydrogens (tertiary/aromatic N) is 2. The molecule has 0 aliphatic carbocycles. The molecule has 0 aliphatic heterocycles. The van der Waals surface area contributed by atoms with E-state index >= 15 is 0 Å². The highest BCUT2D eigenvalue weighted by molar-refractivity contribution is 9.10. The summed E-state index contributed by atoms with van der Waals surface area (Å²) in [7, 11) is 1.64. The summed E-state index contributed by atoms with van der Waals surface area (Å²) in [6.45, 7) is 2.22. The molecule has 0 fully saturated rings. The van der Waals surface area contributed by atoms with Gasteiger partial charge in [-0.15, -0.1) is 11.3 Å². The van der Waals surface area contributed by atoms with Crippen molar-refractivity contribution in [1.82, 2.24) is 4.90 Å². The molecule has 5 nitrogen and oxygen atoms in total. The van der Waals surface area contributed by atoms with E-state index in [4.69, 9.17) is 0 Å². The van der Waals surface area contributed by atoms with Gasteiger partial charge in [0.25, 0.3) is 11.6 Å². The summed E-state index contributed by atoms with van der Waals surface area (Å²) in [4.78, 5) is 25.5. The fourth-order valence-corrected chi connectivity index (χ4v) is 3.43. The Morgan fingerprint density at radius 1 is 1.43 bits per heavy atom. The predicted molar refractivity (Wildman–Crippen MR) is 85.6 cm³/mol. The number of carbonyl (C=O) groups is 1. The van der Waals surface area contributed by atoms with Gasteiger partial charge in [0.2, 0.25) is 0 Å². The molecule has 0 radical (unpaired) electrons. The molecule has 0 N–H and O–H groups in total. The Hall–Kier alpha value is -1.73. The lowest BCUT2D eigenvalue weighted by Crippen LogP contribution is -2.26. The molecular formula is C14H13BrN2O3S. The molecule has 1 aromatic carbocycles. The largest absolute Gasteiger partial charge is 0.336 e. The van der Waals surface area contributed by atoms with Crippen molar-refractivity contribution in [3.63, 3.8) is 0 Å². The number of nitro groups is 1. The first-order valence-electron chi connectivity index (χ1n) is 6.12. The zero-order valence-corrected chi connectivity index (χ0v) is 13.9. The molecule has 21 heavy (non-hydrogen) atoms. The number of benzene rings is 1. The molecule has 110 valence electrons. The van der Waals surface area contributed by atoms with E-state index in [-0.39, 0.29) is 17.2 Å². The maximum Gasteiger partial charge on any atom is 0.282 e. The van der Waals surface area contributed by atoms with Crippen LogP contribution in [-0.4, -0.2) is 22.8 Å². The van der Waals surface area contributed by atoms with Gasteiger partial charge in [0.1, 0.15) is 5.56 Å². The van der Waals surface area contributed by atoms with E-state index in [1.165, 1.54) is 22.3 Å². The third kappa shape index (κ3) is 3.68. The topological polar surface area (TPSA) is 63.5 Å². The highest BCUT2D eigenvalue weighted by Crippen LogP contribution is 2.24. The molecule has 2 rings (SSSR count). The van der Waals surface area contributed by atoms with E-state index < -0.39 is 4.92 Å². The molecule has 2 aromatic rings. The van der Waals surface area contributed by atoms with Crippen molar-refractivity contribution in [1.29, 1.82) is 0 Å². The summed E-state index contributed by atoms with van der Waals surface area (Å²) < 4.78 is 0.963. The van der Waals surface area contributed by atoms with E-state index in [1.807, 2.05) is 11.4 Å². The van der Waals surface area contributed by atoms with E-state index in [0.717, 1.165) is 14.9 Å². The SMILES string of the molecule is Cc1ccc([N+](=O)[O-])c(C(=O)N(C)Cc2cc(Br)cs2)c1. The van der Waals surface area contributed by atoms with Gasteiger partial charge in [-0.05, 0) is 40.5 Å². The lowest BCUT2D eigenvalue weighted by molar-refractivity contribution is -0.385. The number of hydrogen-bond donors (Lipinski definition) is 0. The van der Waals surface area contributed by atoms with Crippen LogP contribution in [0.4, 0.5) is 5.69 Å². The zero-order valence-electron chi connectivity index (χ0n) is 11.5. The van der Waals surface area contributed by atoms with Crippen LogP contribution in [0.3, 0.4) is 0 Å². The summed E-state index contributed by atoms with van der Waals surface area (Å²) in [6.07, 6.45) is 0. The minimum atomic E-state index is -0.526. The highest BCUT2D eigenvalue weighted by Gasteiger charge is 2.23. The Morgan fingerprint density at radius 3 is 2.71 bits per heavy atom. The molecule has 0 bridgehead atoms. The monoisotopic (exact) mass is 368 g/mol. The molecule has 0 aliphatic rings. The van der Waals surface area contributed by atoms with Crippen molar-refractivity contribution in [3.8, 4) is 0 Å². The fraction of sp³-hybridized carbons (Fsp3) is 0.214. The maximum atomic E-state index is 12.4. The number of carbonyl (C=O) groups excluding carboxylic acids is 1. The van der Waals surface area contributed by atoms with Crippen molar-refractivity contribution in [2.45, 2.75) is 13.5 Å². The molecule has 0 saturated heterocycles. The molecule has 0 unspecified atom stereocenters. The summed E-state index contributed by atoms with van der Waals surface area (Å²) in [6, 6.07) is 6.49. The molecule has 7 heteroatoms. The minimum absolute atomic E-state index is 0.123. The van der Waals surface area contributed by atoms with Gasteiger partial charge in [0, 0.05) is 27.8 Å². The second-order valence-corrected chi connectivity index (χ2v) is 6.58. The first-order chi connectivity index (χ1) is 9.88. The molecule has 0 atom stereocenters. The van der Waals surface area contributed by atoms with Crippen molar-refractivity contribution in [2.75, 3.05) is 7.05 Å². The standard InChI is InChI=1S/C14H13BrN2O3S/c1-9-3-4-13(17(19)20)12(5-9)14(18)16(2)7-11-6-10(15)8-21-11/h3-6,8H,7H2,1-2H3. The number of thiophene rings is 1. The van der Waals surface area contributed by atoms with Crippen molar-refractivity contribution >= 4 is 38.9 Å². The Morgan fingerprint density at radius 2 is 2.14 bits per heavy atom. The first-order valence-corrected chi connectivity index (χ1v) is 7.79. The fourth-order valence-electron chi connectivity index (χ4n) is 1.93. The third-order valence-corrected chi connectivity index (χ3v) is 4.62. The average molecular weight is 369 g/mol. The quantitative estimate of drug-likeness (QED) is 0.605. The van der Waals surface area contributed by atoms with Crippen LogP contribution in [0.15, 0.2) is 34.1 Å². The van der Waals surface area contributed by atoms with Gasteiger partial charge >= 0.3 is 0 Å². The molecule has 1 aromatic heterocycles. The second kappa shape index (κ2) is 6.36. The van der Waals surface area contributed by atoms with Crippen molar-refractivity contribution in [2.24, 2.45) is 0 Å². The smallest absolute Gasteiger partial charge is 0.282 e. The van der Waals surface area contributed by atoms with Crippen LogP contribution in [0.1, 0.15) is 20.8 Å². The van der Waals surface area contributed by atoms with E-state index in [1.54, 1.807) is 26.1 Å². The van der Waals surface area contributed by atoms with Gasteiger partial charge in [-0.1, -0.05) is 6.07 Å². The van der Waals surface area contributed by atoms with Crippen LogP contribution in [-0.2, 0) is 6.54 Å². The summed E-state index contributed by atoms with van der Waals surface area (Å²) in [5.41, 5.74) is 0.777. The van der Waals surface area contributed by atoms with Crippen LogP contribution in [0.2, 0.25) is 0 Å². The molecule has 1 amide bonds. The maximum absolute atomic E-state index is 12.4. The molecule has 0 saturated carbocycles. The summed E-state index contributed by atoms with van der Waals surface area (Å²) in [5, 5.41) is 13.0. The van der Waals surface area contributed by atoms with Crippen LogP contribution < -0.4 is 0 Å². The van der Waals surface area contributed by atoms with Gasteiger partial charge in [-0.25, -0.2) is 0 Å². The lowest BCUT2D eigenvalue weighted by Gasteiger charge is -2.16. The lowest BCUT2D eigenvalue weighted by atomic mass is 10.1. The Bertz CT molecular complexity index is 699.